The summed E-state index contributed by atoms with van der Waals surface area (Å²) < 4.78 is 13.2. The molecule has 3 heteroatoms. The Hall–Kier alpha value is -0.600. The number of nitrogens with one attached hydrogen (secondary N) is 1. The third kappa shape index (κ3) is 4.77. The van der Waals surface area contributed by atoms with E-state index < -0.39 is 0 Å². The first-order valence-corrected chi connectivity index (χ1v) is 7.71. The number of halogens is 2. The maximum Gasteiger partial charge on any atom is 0.125 e. The first-order valence-electron chi connectivity index (χ1n) is 7.33. The highest BCUT2D eigenvalue weighted by Crippen LogP contribution is 2.25. The fourth-order valence-corrected chi connectivity index (χ4v) is 3.21. The molecule has 2 rings (SSSR count). The molecule has 1 saturated carbocycles. The van der Waals surface area contributed by atoms with Gasteiger partial charge in [-0.3, -0.25) is 0 Å². The molecule has 0 bridgehead atoms. The van der Waals surface area contributed by atoms with Crippen LogP contribution in [0.2, 0.25) is 5.02 Å². The average Bonchev–Trinajstić information content (AvgIpc) is 2.63. The van der Waals surface area contributed by atoms with E-state index in [1.807, 2.05) is 6.07 Å². The van der Waals surface area contributed by atoms with Gasteiger partial charge in [-0.2, -0.15) is 0 Å². The zero-order valence-corrected chi connectivity index (χ0v) is 12.3. The Morgan fingerprint density at radius 3 is 2.53 bits per heavy atom. The Labute approximate surface area is 120 Å². The third-order valence-electron chi connectivity index (χ3n) is 4.16. The number of benzene rings is 1. The van der Waals surface area contributed by atoms with Crippen molar-refractivity contribution in [3.63, 3.8) is 0 Å². The van der Waals surface area contributed by atoms with Crippen LogP contribution in [-0.2, 0) is 6.54 Å². The number of hydrogen-bond donors (Lipinski definition) is 1. The van der Waals surface area contributed by atoms with Crippen LogP contribution in [-0.4, -0.2) is 6.04 Å². The van der Waals surface area contributed by atoms with Crippen molar-refractivity contribution in [1.82, 2.24) is 5.32 Å². The minimum atomic E-state index is -0.258. The van der Waals surface area contributed by atoms with E-state index in [0.29, 0.717) is 17.6 Å². The Kier molecular flexibility index (Phi) is 5.65. The predicted octanol–water partition coefficient (Wildman–Crippen LogP) is 4.93. The highest BCUT2D eigenvalue weighted by Gasteiger charge is 2.18. The molecule has 1 aliphatic rings. The van der Waals surface area contributed by atoms with Gasteiger partial charge >= 0.3 is 0 Å². The minimum Gasteiger partial charge on any atom is -0.310 e. The summed E-state index contributed by atoms with van der Waals surface area (Å²) in [7, 11) is 0. The summed E-state index contributed by atoms with van der Waals surface area (Å²) in [6, 6.07) is 5.22. The molecule has 1 fully saturated rings. The van der Waals surface area contributed by atoms with E-state index in [9.17, 15) is 4.39 Å². The van der Waals surface area contributed by atoms with Crippen molar-refractivity contribution in [3.8, 4) is 0 Å². The second-order valence-electron chi connectivity index (χ2n) is 5.70. The molecule has 0 spiro atoms. The average molecular weight is 284 g/mol. The van der Waals surface area contributed by atoms with E-state index in [4.69, 9.17) is 11.6 Å². The van der Waals surface area contributed by atoms with Gasteiger partial charge in [-0.05, 0) is 49.4 Å². The Balaban J connectivity index is 1.86. The Morgan fingerprint density at radius 2 is 1.89 bits per heavy atom. The lowest BCUT2D eigenvalue weighted by molar-refractivity contribution is 0.336. The summed E-state index contributed by atoms with van der Waals surface area (Å²) in [4.78, 5) is 0. The fraction of sp³-hybridized carbons (Fsp3) is 0.625. The highest BCUT2D eigenvalue weighted by molar-refractivity contribution is 6.30. The van der Waals surface area contributed by atoms with Crippen LogP contribution in [0.4, 0.5) is 4.39 Å². The summed E-state index contributed by atoms with van der Waals surface area (Å²) in [6.45, 7) is 2.94. The largest absolute Gasteiger partial charge is 0.310 e. The molecule has 1 atom stereocenters. The Bertz CT molecular complexity index is 379. The molecule has 0 aliphatic heterocycles. The molecule has 0 amide bonds. The van der Waals surface area contributed by atoms with Gasteiger partial charge in [-0.15, -0.1) is 0 Å². The van der Waals surface area contributed by atoms with Gasteiger partial charge in [-0.25, -0.2) is 4.39 Å². The molecule has 0 unspecified atom stereocenters. The minimum absolute atomic E-state index is 0.258. The van der Waals surface area contributed by atoms with Crippen molar-refractivity contribution in [2.45, 2.75) is 58.0 Å². The second-order valence-corrected chi connectivity index (χ2v) is 6.14. The van der Waals surface area contributed by atoms with Gasteiger partial charge in [0, 0.05) is 17.6 Å². The SMILES string of the molecule is C[C@H](NCc1cc(F)cc(Cl)c1)C1CCCCCC1. The topological polar surface area (TPSA) is 12.0 Å². The van der Waals surface area contributed by atoms with E-state index in [1.54, 1.807) is 6.07 Å². The molecule has 0 saturated heterocycles. The highest BCUT2D eigenvalue weighted by atomic mass is 35.5. The van der Waals surface area contributed by atoms with Crippen LogP contribution in [0.1, 0.15) is 51.0 Å². The maximum atomic E-state index is 13.2. The van der Waals surface area contributed by atoms with Crippen molar-refractivity contribution in [2.75, 3.05) is 0 Å². The van der Waals surface area contributed by atoms with Crippen molar-refractivity contribution < 1.29 is 4.39 Å². The summed E-state index contributed by atoms with van der Waals surface area (Å²) in [5.74, 6) is 0.498. The molecule has 0 radical (unpaired) electrons. The molecule has 1 aliphatic carbocycles. The van der Waals surface area contributed by atoms with Crippen molar-refractivity contribution in [3.05, 3.63) is 34.6 Å². The van der Waals surface area contributed by atoms with Crippen LogP contribution >= 0.6 is 11.6 Å². The lowest BCUT2D eigenvalue weighted by Gasteiger charge is -2.23. The summed E-state index contributed by atoms with van der Waals surface area (Å²) in [5, 5.41) is 4.00. The van der Waals surface area contributed by atoms with E-state index in [-0.39, 0.29) is 5.82 Å². The van der Waals surface area contributed by atoms with E-state index in [1.165, 1.54) is 44.6 Å². The van der Waals surface area contributed by atoms with Gasteiger partial charge in [0.1, 0.15) is 5.82 Å². The monoisotopic (exact) mass is 283 g/mol. The van der Waals surface area contributed by atoms with Crippen LogP contribution in [0.3, 0.4) is 0 Å². The predicted molar refractivity (Wildman–Crippen MR) is 78.9 cm³/mol. The van der Waals surface area contributed by atoms with Gasteiger partial charge in [0.05, 0.1) is 0 Å². The molecular formula is C16H23ClFN. The third-order valence-corrected chi connectivity index (χ3v) is 4.38. The smallest absolute Gasteiger partial charge is 0.125 e. The van der Waals surface area contributed by atoms with Crippen LogP contribution < -0.4 is 5.32 Å². The van der Waals surface area contributed by atoms with Crippen molar-refractivity contribution in [2.24, 2.45) is 5.92 Å². The number of rotatable bonds is 4. The zero-order valence-electron chi connectivity index (χ0n) is 11.6. The summed E-state index contributed by atoms with van der Waals surface area (Å²) in [5.41, 5.74) is 0.922. The molecule has 1 aromatic carbocycles. The van der Waals surface area contributed by atoms with Gasteiger partial charge < -0.3 is 5.32 Å². The first-order chi connectivity index (χ1) is 9.15. The molecule has 1 nitrogen and oxygen atoms in total. The fourth-order valence-electron chi connectivity index (χ4n) is 2.97. The Morgan fingerprint density at radius 1 is 1.21 bits per heavy atom. The lowest BCUT2D eigenvalue weighted by Crippen LogP contribution is -2.32. The van der Waals surface area contributed by atoms with E-state index in [0.717, 1.165) is 11.5 Å². The van der Waals surface area contributed by atoms with E-state index in [2.05, 4.69) is 12.2 Å². The van der Waals surface area contributed by atoms with Gasteiger partial charge in [0.15, 0.2) is 0 Å². The van der Waals surface area contributed by atoms with Crippen molar-refractivity contribution >= 4 is 11.6 Å². The van der Waals surface area contributed by atoms with Crippen LogP contribution in [0.25, 0.3) is 0 Å². The summed E-state index contributed by atoms with van der Waals surface area (Å²) in [6.07, 6.45) is 8.09. The second kappa shape index (κ2) is 7.25. The molecule has 0 heterocycles. The molecule has 19 heavy (non-hydrogen) atoms. The summed E-state index contributed by atoms with van der Waals surface area (Å²) >= 11 is 5.87. The lowest BCUT2D eigenvalue weighted by atomic mass is 9.93. The van der Waals surface area contributed by atoms with Gasteiger partial charge in [-0.1, -0.05) is 37.3 Å². The molecule has 1 aromatic rings. The number of hydrogen-bond acceptors (Lipinski definition) is 1. The van der Waals surface area contributed by atoms with Gasteiger partial charge in [0.2, 0.25) is 0 Å². The first kappa shape index (κ1) is 14.8. The quantitative estimate of drug-likeness (QED) is 0.773. The van der Waals surface area contributed by atoms with E-state index >= 15 is 0 Å². The zero-order chi connectivity index (χ0) is 13.7. The molecule has 0 aromatic heterocycles. The maximum absolute atomic E-state index is 13.2. The normalized spacial score (nSPS) is 19.1. The van der Waals surface area contributed by atoms with Gasteiger partial charge in [0.25, 0.3) is 0 Å². The van der Waals surface area contributed by atoms with Crippen molar-refractivity contribution in [1.29, 1.82) is 0 Å². The molecule has 106 valence electrons. The van der Waals surface area contributed by atoms with Crippen LogP contribution in [0.5, 0.6) is 0 Å². The molecule has 1 N–H and O–H groups in total. The van der Waals surface area contributed by atoms with Crippen LogP contribution in [0.15, 0.2) is 18.2 Å². The molecular weight excluding hydrogens is 261 g/mol. The van der Waals surface area contributed by atoms with Crippen LogP contribution in [0, 0.1) is 11.7 Å². The standard InChI is InChI=1S/C16H23ClFN/c1-12(14-6-4-2-3-5-7-14)19-11-13-8-15(17)10-16(18)9-13/h8-10,12,14,19H,2-7,11H2,1H3/t12-/m0/s1.